The minimum Gasteiger partial charge on any atom is -0.491 e. The molecule has 3 aromatic rings. The lowest BCUT2D eigenvalue weighted by molar-refractivity contribution is 0.146. The Morgan fingerprint density at radius 1 is 0.967 bits per heavy atom. The maximum atomic E-state index is 12.5. The molecule has 0 atom stereocenters. The van der Waals surface area contributed by atoms with Gasteiger partial charge in [0.25, 0.3) is 5.56 Å². The zero-order chi connectivity index (χ0) is 21.8. The van der Waals surface area contributed by atoms with Crippen LogP contribution in [-0.4, -0.2) is 34.9 Å². The summed E-state index contributed by atoms with van der Waals surface area (Å²) in [6.07, 6.45) is 11.3. The number of ether oxygens (including phenoxy) is 3. The van der Waals surface area contributed by atoms with Crippen molar-refractivity contribution in [3.63, 3.8) is 0 Å². The number of benzene rings is 1. The lowest BCUT2D eigenvalue weighted by Crippen LogP contribution is -2.22. The highest BCUT2D eigenvalue weighted by molar-refractivity contribution is 5.29. The molecule has 0 amide bonds. The number of nitrogens with zero attached hydrogens (tertiary/aromatic N) is 3. The monoisotopic (exact) mass is 407 g/mol. The molecule has 0 N–H and O–H groups in total. The quantitative estimate of drug-likeness (QED) is 0.401. The number of methoxy groups -OCH3 is 1. The van der Waals surface area contributed by atoms with Gasteiger partial charge in [-0.05, 0) is 36.8 Å². The fraction of sp³-hybridized carbons (Fsp3) is 0.261. The van der Waals surface area contributed by atoms with Gasteiger partial charge in [0.05, 0.1) is 13.2 Å². The predicted molar refractivity (Wildman–Crippen MR) is 115 cm³/mol. The van der Waals surface area contributed by atoms with Crippen LogP contribution in [-0.2, 0) is 17.9 Å². The maximum absolute atomic E-state index is 12.5. The second-order valence-electron chi connectivity index (χ2n) is 6.20. The minimum absolute atomic E-state index is 0.121. The standard InChI is InChI=1S/C21H23N3O4.C2H2/c1-16-12-19(28-15-20-22-8-3-9-23-20)13-21(25)24(16)14-17-4-6-18(7-5-17)27-11-10-26-2;1-2/h3-9,12-13H,10-11,14-15H2,1-2H3;1-2H. The summed E-state index contributed by atoms with van der Waals surface area (Å²) in [6.45, 7) is 3.62. The topological polar surface area (TPSA) is 75.5 Å². The lowest BCUT2D eigenvalue weighted by Gasteiger charge is -2.13. The smallest absolute Gasteiger partial charge is 0.254 e. The van der Waals surface area contributed by atoms with Crippen molar-refractivity contribution in [3.8, 4) is 24.3 Å². The summed E-state index contributed by atoms with van der Waals surface area (Å²) >= 11 is 0. The van der Waals surface area contributed by atoms with Crippen LogP contribution in [0.2, 0.25) is 0 Å². The molecule has 7 nitrogen and oxygen atoms in total. The molecular formula is C23H25N3O4. The Kier molecular flexibility index (Phi) is 9.10. The predicted octanol–water partition coefficient (Wildman–Crippen LogP) is 2.85. The summed E-state index contributed by atoms with van der Waals surface area (Å²) in [5.74, 6) is 1.85. The number of rotatable bonds is 9. The highest BCUT2D eigenvalue weighted by Gasteiger charge is 2.07. The van der Waals surface area contributed by atoms with Gasteiger partial charge in [-0.25, -0.2) is 9.97 Å². The van der Waals surface area contributed by atoms with Crippen LogP contribution in [0.4, 0.5) is 0 Å². The number of terminal acetylenes is 1. The third-order valence-corrected chi connectivity index (χ3v) is 4.12. The van der Waals surface area contributed by atoms with Gasteiger partial charge in [-0.2, -0.15) is 0 Å². The van der Waals surface area contributed by atoms with Crippen LogP contribution in [0.15, 0.2) is 59.7 Å². The molecule has 1 aromatic carbocycles. The summed E-state index contributed by atoms with van der Waals surface area (Å²) in [6, 6.07) is 12.7. The number of hydrogen-bond donors (Lipinski definition) is 0. The molecule has 0 spiro atoms. The van der Waals surface area contributed by atoms with E-state index in [1.165, 1.54) is 6.07 Å². The largest absolute Gasteiger partial charge is 0.491 e. The van der Waals surface area contributed by atoms with Gasteiger partial charge in [0, 0.05) is 31.3 Å². The summed E-state index contributed by atoms with van der Waals surface area (Å²) in [5.41, 5.74) is 1.71. The summed E-state index contributed by atoms with van der Waals surface area (Å²) in [4.78, 5) is 20.7. The fourth-order valence-corrected chi connectivity index (χ4v) is 2.65. The van der Waals surface area contributed by atoms with Gasteiger partial charge in [-0.1, -0.05) is 12.1 Å². The van der Waals surface area contributed by atoms with Crippen molar-refractivity contribution in [2.75, 3.05) is 20.3 Å². The molecule has 3 rings (SSSR count). The zero-order valence-corrected chi connectivity index (χ0v) is 17.2. The van der Waals surface area contributed by atoms with Crippen molar-refractivity contribution < 1.29 is 14.2 Å². The number of aryl methyl sites for hydroxylation is 1. The molecule has 0 aliphatic heterocycles. The molecule has 2 aromatic heterocycles. The van der Waals surface area contributed by atoms with Gasteiger partial charge in [-0.3, -0.25) is 4.79 Å². The van der Waals surface area contributed by atoms with Crippen LogP contribution in [0.5, 0.6) is 11.5 Å². The summed E-state index contributed by atoms with van der Waals surface area (Å²) in [5, 5.41) is 0. The van der Waals surface area contributed by atoms with Gasteiger partial charge in [0.15, 0.2) is 5.82 Å². The molecule has 0 aliphatic carbocycles. The van der Waals surface area contributed by atoms with E-state index in [9.17, 15) is 4.79 Å². The van der Waals surface area contributed by atoms with Gasteiger partial charge in [0.1, 0.15) is 24.7 Å². The van der Waals surface area contributed by atoms with Crippen molar-refractivity contribution in [3.05, 3.63) is 82.3 Å². The highest BCUT2D eigenvalue weighted by atomic mass is 16.5. The first kappa shape index (κ1) is 22.7. The normalized spacial score (nSPS) is 10.0. The third kappa shape index (κ3) is 6.76. The lowest BCUT2D eigenvalue weighted by atomic mass is 10.2. The number of pyridine rings is 1. The van der Waals surface area contributed by atoms with E-state index in [0.29, 0.717) is 31.3 Å². The van der Waals surface area contributed by atoms with Crippen molar-refractivity contribution in [1.82, 2.24) is 14.5 Å². The SMILES string of the molecule is C#C.COCCOc1ccc(Cn2c(C)cc(OCc3ncccn3)cc2=O)cc1. The van der Waals surface area contributed by atoms with E-state index >= 15 is 0 Å². The Hall–Kier alpha value is -3.63. The Morgan fingerprint density at radius 2 is 1.67 bits per heavy atom. The Balaban J connectivity index is 0.00000155. The van der Waals surface area contributed by atoms with Crippen molar-refractivity contribution in [1.29, 1.82) is 0 Å². The molecule has 30 heavy (non-hydrogen) atoms. The van der Waals surface area contributed by atoms with Crippen molar-refractivity contribution in [2.45, 2.75) is 20.1 Å². The van der Waals surface area contributed by atoms with E-state index in [1.807, 2.05) is 37.3 Å². The van der Waals surface area contributed by atoms with Gasteiger partial charge in [-0.15, -0.1) is 12.8 Å². The molecule has 0 radical (unpaired) electrons. The molecule has 2 heterocycles. The first-order valence-electron chi connectivity index (χ1n) is 9.30. The molecule has 0 saturated heterocycles. The molecule has 0 aliphatic rings. The van der Waals surface area contributed by atoms with Crippen LogP contribution >= 0.6 is 0 Å². The Bertz CT molecular complexity index is 983. The van der Waals surface area contributed by atoms with E-state index in [-0.39, 0.29) is 12.2 Å². The summed E-state index contributed by atoms with van der Waals surface area (Å²) < 4.78 is 17.9. The highest BCUT2D eigenvalue weighted by Crippen LogP contribution is 2.15. The first-order chi connectivity index (χ1) is 14.7. The van der Waals surface area contributed by atoms with Crippen LogP contribution in [0, 0.1) is 19.8 Å². The average molecular weight is 407 g/mol. The Labute approximate surface area is 176 Å². The third-order valence-electron chi connectivity index (χ3n) is 4.12. The Morgan fingerprint density at radius 3 is 2.30 bits per heavy atom. The van der Waals surface area contributed by atoms with E-state index in [4.69, 9.17) is 14.2 Å². The van der Waals surface area contributed by atoms with Crippen LogP contribution < -0.4 is 15.0 Å². The van der Waals surface area contributed by atoms with Crippen molar-refractivity contribution >= 4 is 0 Å². The van der Waals surface area contributed by atoms with E-state index in [1.54, 1.807) is 30.1 Å². The van der Waals surface area contributed by atoms with Gasteiger partial charge < -0.3 is 18.8 Å². The maximum Gasteiger partial charge on any atom is 0.254 e. The fourth-order valence-electron chi connectivity index (χ4n) is 2.65. The zero-order valence-electron chi connectivity index (χ0n) is 17.2. The number of hydrogen-bond acceptors (Lipinski definition) is 6. The van der Waals surface area contributed by atoms with Crippen LogP contribution in [0.3, 0.4) is 0 Å². The first-order valence-corrected chi connectivity index (χ1v) is 9.30. The molecule has 7 heteroatoms. The van der Waals surface area contributed by atoms with E-state index < -0.39 is 0 Å². The number of aromatic nitrogens is 3. The molecule has 0 fully saturated rings. The van der Waals surface area contributed by atoms with Crippen LogP contribution in [0.1, 0.15) is 17.1 Å². The van der Waals surface area contributed by atoms with E-state index in [2.05, 4.69) is 22.8 Å². The van der Waals surface area contributed by atoms with Crippen LogP contribution in [0.25, 0.3) is 0 Å². The molecule has 0 unspecified atom stereocenters. The second kappa shape index (κ2) is 12.0. The summed E-state index contributed by atoms with van der Waals surface area (Å²) in [7, 11) is 1.64. The molecular weight excluding hydrogens is 382 g/mol. The van der Waals surface area contributed by atoms with Crippen molar-refractivity contribution in [2.24, 2.45) is 0 Å². The molecule has 156 valence electrons. The van der Waals surface area contributed by atoms with Gasteiger partial charge >= 0.3 is 0 Å². The molecule has 0 bridgehead atoms. The second-order valence-corrected chi connectivity index (χ2v) is 6.20. The van der Waals surface area contributed by atoms with Gasteiger partial charge in [0.2, 0.25) is 0 Å². The molecule has 0 saturated carbocycles. The minimum atomic E-state index is -0.121. The van der Waals surface area contributed by atoms with E-state index in [0.717, 1.165) is 17.0 Å². The average Bonchev–Trinajstić information content (AvgIpc) is 2.78.